The molecule has 0 aliphatic carbocycles. The van der Waals surface area contributed by atoms with Crippen molar-refractivity contribution in [2.24, 2.45) is 5.73 Å². The predicted octanol–water partition coefficient (Wildman–Crippen LogP) is 2.97. The first-order valence-electron chi connectivity index (χ1n) is 5.42. The number of benzene rings is 2. The summed E-state index contributed by atoms with van der Waals surface area (Å²) in [5.74, 6) is 0.418. The Hall–Kier alpha value is -1.56. The second-order valence-electron chi connectivity index (χ2n) is 3.81. The Morgan fingerprint density at radius 3 is 2.50 bits per heavy atom. The first-order valence-corrected chi connectivity index (χ1v) is 6.50. The molecule has 0 heterocycles. The van der Waals surface area contributed by atoms with Gasteiger partial charge in [-0.25, -0.2) is 0 Å². The number of hydrogen-bond acceptors (Lipinski definition) is 2. The van der Waals surface area contributed by atoms with Crippen LogP contribution in [0, 0.1) is 3.57 Å². The highest BCUT2D eigenvalue weighted by atomic mass is 127. The molecule has 92 valence electrons. The van der Waals surface area contributed by atoms with Crippen LogP contribution in [0.3, 0.4) is 0 Å². The number of rotatable bonds is 4. The molecule has 0 aliphatic rings. The molecule has 1 amide bonds. The van der Waals surface area contributed by atoms with Crippen molar-refractivity contribution in [2.75, 3.05) is 0 Å². The van der Waals surface area contributed by atoms with Crippen LogP contribution in [0.2, 0.25) is 0 Å². The minimum absolute atomic E-state index is 0.417. The van der Waals surface area contributed by atoms with Crippen molar-refractivity contribution in [3.8, 4) is 5.75 Å². The molecule has 2 rings (SSSR count). The molecule has 2 aromatic carbocycles. The van der Waals surface area contributed by atoms with E-state index in [1.54, 1.807) is 12.1 Å². The molecular weight excluding hydrogens is 341 g/mol. The third kappa shape index (κ3) is 3.46. The van der Waals surface area contributed by atoms with Gasteiger partial charge < -0.3 is 10.5 Å². The van der Waals surface area contributed by atoms with Crippen LogP contribution in [0.1, 0.15) is 15.9 Å². The van der Waals surface area contributed by atoms with Crippen molar-refractivity contribution in [1.82, 2.24) is 0 Å². The number of carbonyl (C=O) groups excluding carboxylic acids is 1. The monoisotopic (exact) mass is 353 g/mol. The van der Waals surface area contributed by atoms with E-state index in [-0.39, 0.29) is 0 Å². The predicted molar refractivity (Wildman–Crippen MR) is 78.5 cm³/mol. The zero-order valence-electron chi connectivity index (χ0n) is 9.60. The summed E-state index contributed by atoms with van der Waals surface area (Å²) in [6.45, 7) is 0.471. The summed E-state index contributed by atoms with van der Waals surface area (Å²) >= 11 is 2.24. The lowest BCUT2D eigenvalue weighted by Crippen LogP contribution is -2.10. The Morgan fingerprint density at radius 2 is 1.89 bits per heavy atom. The average Bonchev–Trinajstić information content (AvgIpc) is 2.37. The fourth-order valence-corrected chi connectivity index (χ4v) is 2.00. The topological polar surface area (TPSA) is 52.3 Å². The van der Waals surface area contributed by atoms with Crippen LogP contribution in [0.25, 0.3) is 0 Å². The Labute approximate surface area is 119 Å². The third-order valence-corrected chi connectivity index (χ3v) is 3.11. The van der Waals surface area contributed by atoms with Gasteiger partial charge in [-0.15, -0.1) is 0 Å². The summed E-state index contributed by atoms with van der Waals surface area (Å²) in [6, 6.07) is 14.9. The van der Waals surface area contributed by atoms with Crippen molar-refractivity contribution < 1.29 is 9.53 Å². The lowest BCUT2D eigenvalue weighted by Gasteiger charge is -2.07. The Bertz CT molecular complexity index is 552. The number of nitrogens with two attached hydrogens (primary N) is 1. The minimum atomic E-state index is -0.417. The summed E-state index contributed by atoms with van der Waals surface area (Å²) in [7, 11) is 0. The fourth-order valence-electron chi connectivity index (χ4n) is 1.49. The third-order valence-electron chi connectivity index (χ3n) is 2.44. The number of halogens is 1. The first kappa shape index (κ1) is 12.9. The SMILES string of the molecule is NC(=O)c1ccc(COc2cccc(I)c2)cc1. The summed E-state index contributed by atoms with van der Waals surface area (Å²) in [4.78, 5) is 10.9. The maximum absolute atomic E-state index is 10.9. The van der Waals surface area contributed by atoms with Crippen molar-refractivity contribution in [2.45, 2.75) is 6.61 Å². The van der Waals surface area contributed by atoms with E-state index in [4.69, 9.17) is 10.5 Å². The fraction of sp³-hybridized carbons (Fsp3) is 0.0714. The van der Waals surface area contributed by atoms with Gasteiger partial charge in [-0.05, 0) is 58.5 Å². The minimum Gasteiger partial charge on any atom is -0.489 e. The van der Waals surface area contributed by atoms with Crippen molar-refractivity contribution in [3.63, 3.8) is 0 Å². The maximum atomic E-state index is 10.9. The van der Waals surface area contributed by atoms with Gasteiger partial charge in [0.05, 0.1) is 0 Å². The smallest absolute Gasteiger partial charge is 0.248 e. The van der Waals surface area contributed by atoms with E-state index in [1.807, 2.05) is 36.4 Å². The van der Waals surface area contributed by atoms with Gasteiger partial charge in [0.2, 0.25) is 5.91 Å². The molecule has 0 aromatic heterocycles. The molecule has 0 saturated heterocycles. The van der Waals surface area contributed by atoms with Gasteiger partial charge in [0, 0.05) is 9.13 Å². The molecule has 0 atom stereocenters. The van der Waals surface area contributed by atoms with Crippen LogP contribution in [0.5, 0.6) is 5.75 Å². The molecule has 2 N–H and O–H groups in total. The van der Waals surface area contributed by atoms with E-state index in [1.165, 1.54) is 0 Å². The molecule has 0 fully saturated rings. The number of carbonyl (C=O) groups is 1. The Morgan fingerprint density at radius 1 is 1.17 bits per heavy atom. The Kier molecular flexibility index (Phi) is 4.19. The molecule has 0 bridgehead atoms. The molecule has 4 heteroatoms. The zero-order valence-corrected chi connectivity index (χ0v) is 11.8. The van der Waals surface area contributed by atoms with Gasteiger partial charge in [0.25, 0.3) is 0 Å². The molecule has 0 unspecified atom stereocenters. The number of hydrogen-bond donors (Lipinski definition) is 1. The number of amides is 1. The zero-order chi connectivity index (χ0) is 13.0. The van der Waals surface area contributed by atoms with Gasteiger partial charge in [-0.2, -0.15) is 0 Å². The van der Waals surface area contributed by atoms with Gasteiger partial charge in [0.15, 0.2) is 0 Å². The van der Waals surface area contributed by atoms with Crippen molar-refractivity contribution in [3.05, 3.63) is 63.2 Å². The number of ether oxygens (including phenoxy) is 1. The van der Waals surface area contributed by atoms with Gasteiger partial charge >= 0.3 is 0 Å². The highest BCUT2D eigenvalue weighted by molar-refractivity contribution is 14.1. The molecule has 0 aliphatic heterocycles. The van der Waals surface area contributed by atoms with Crippen LogP contribution in [-0.4, -0.2) is 5.91 Å². The highest BCUT2D eigenvalue weighted by Gasteiger charge is 2.00. The van der Waals surface area contributed by atoms with Gasteiger partial charge in [0.1, 0.15) is 12.4 Å². The van der Waals surface area contributed by atoms with Crippen LogP contribution in [-0.2, 0) is 6.61 Å². The van der Waals surface area contributed by atoms with E-state index in [0.717, 1.165) is 14.9 Å². The summed E-state index contributed by atoms with van der Waals surface area (Å²) < 4.78 is 6.79. The quantitative estimate of drug-likeness (QED) is 0.860. The van der Waals surface area contributed by atoms with E-state index < -0.39 is 5.91 Å². The largest absolute Gasteiger partial charge is 0.489 e. The normalized spacial score (nSPS) is 10.1. The summed E-state index contributed by atoms with van der Waals surface area (Å²) in [5.41, 5.74) is 6.68. The first-order chi connectivity index (χ1) is 8.65. The highest BCUT2D eigenvalue weighted by Crippen LogP contribution is 2.16. The van der Waals surface area contributed by atoms with Crippen molar-refractivity contribution >= 4 is 28.5 Å². The summed E-state index contributed by atoms with van der Waals surface area (Å²) in [6.07, 6.45) is 0. The second-order valence-corrected chi connectivity index (χ2v) is 5.05. The second kappa shape index (κ2) is 5.86. The van der Waals surface area contributed by atoms with E-state index in [2.05, 4.69) is 22.6 Å². The van der Waals surface area contributed by atoms with Crippen LogP contribution >= 0.6 is 22.6 Å². The standard InChI is InChI=1S/C14H12INO2/c15-12-2-1-3-13(8-12)18-9-10-4-6-11(7-5-10)14(16)17/h1-8H,9H2,(H2,16,17). The van der Waals surface area contributed by atoms with Gasteiger partial charge in [-0.3, -0.25) is 4.79 Å². The average molecular weight is 353 g/mol. The van der Waals surface area contributed by atoms with E-state index in [0.29, 0.717) is 12.2 Å². The lowest BCUT2D eigenvalue weighted by atomic mass is 10.1. The van der Waals surface area contributed by atoms with E-state index in [9.17, 15) is 4.79 Å². The van der Waals surface area contributed by atoms with Crippen LogP contribution in [0.15, 0.2) is 48.5 Å². The summed E-state index contributed by atoms with van der Waals surface area (Å²) in [5, 5.41) is 0. The number of primary amides is 1. The van der Waals surface area contributed by atoms with Crippen LogP contribution < -0.4 is 10.5 Å². The molecule has 0 radical (unpaired) electrons. The van der Waals surface area contributed by atoms with E-state index >= 15 is 0 Å². The molecule has 0 spiro atoms. The Balaban J connectivity index is 2.00. The lowest BCUT2D eigenvalue weighted by molar-refractivity contribution is 0.1000. The van der Waals surface area contributed by atoms with Crippen molar-refractivity contribution in [1.29, 1.82) is 0 Å². The molecular formula is C14H12INO2. The molecule has 3 nitrogen and oxygen atoms in total. The molecule has 0 saturated carbocycles. The molecule has 2 aromatic rings. The van der Waals surface area contributed by atoms with Crippen LogP contribution in [0.4, 0.5) is 0 Å². The van der Waals surface area contributed by atoms with Gasteiger partial charge in [-0.1, -0.05) is 18.2 Å². The maximum Gasteiger partial charge on any atom is 0.248 e. The molecule has 18 heavy (non-hydrogen) atoms.